The van der Waals surface area contributed by atoms with Gasteiger partial charge in [-0.15, -0.1) is 0 Å². The highest BCUT2D eigenvalue weighted by molar-refractivity contribution is 5.43. The number of aryl methyl sites for hydroxylation is 1. The lowest BCUT2D eigenvalue weighted by molar-refractivity contribution is 0.410. The number of hydrogen-bond donors (Lipinski definition) is 2. The molecular weight excluding hydrogens is 288 g/mol. The van der Waals surface area contributed by atoms with Crippen molar-refractivity contribution in [2.45, 2.75) is 39.7 Å². The van der Waals surface area contributed by atoms with Crippen molar-refractivity contribution in [2.24, 2.45) is 0 Å². The number of aromatic nitrogens is 2. The van der Waals surface area contributed by atoms with Crippen molar-refractivity contribution in [2.75, 3.05) is 24.3 Å². The number of rotatable bonds is 8. The van der Waals surface area contributed by atoms with Crippen molar-refractivity contribution < 1.29 is 4.74 Å². The zero-order chi connectivity index (χ0) is 16.7. The molecule has 1 aromatic carbocycles. The van der Waals surface area contributed by atoms with E-state index in [9.17, 15) is 0 Å². The second kappa shape index (κ2) is 8.36. The Balaban J connectivity index is 1.97. The van der Waals surface area contributed by atoms with Gasteiger partial charge in [0.15, 0.2) is 0 Å². The van der Waals surface area contributed by atoms with Gasteiger partial charge in [0.1, 0.15) is 11.6 Å². The lowest BCUT2D eigenvalue weighted by Gasteiger charge is -2.14. The SMILES string of the molecule is CCC(C)Nc1cc(C)nc(NCCc2ccccc2OC)n1. The van der Waals surface area contributed by atoms with Gasteiger partial charge in [0, 0.05) is 24.3 Å². The van der Waals surface area contributed by atoms with Gasteiger partial charge in [-0.2, -0.15) is 4.98 Å². The molecule has 0 fully saturated rings. The third kappa shape index (κ3) is 5.13. The van der Waals surface area contributed by atoms with Crippen molar-refractivity contribution in [1.29, 1.82) is 0 Å². The topological polar surface area (TPSA) is 59.1 Å². The molecule has 5 heteroatoms. The number of nitrogens with one attached hydrogen (secondary N) is 2. The molecule has 1 atom stereocenters. The van der Waals surface area contributed by atoms with Crippen molar-refractivity contribution in [3.05, 3.63) is 41.6 Å². The van der Waals surface area contributed by atoms with Crippen molar-refractivity contribution in [3.8, 4) is 5.75 Å². The van der Waals surface area contributed by atoms with E-state index in [0.717, 1.165) is 36.6 Å². The molecule has 1 aromatic heterocycles. The molecule has 2 rings (SSSR count). The summed E-state index contributed by atoms with van der Waals surface area (Å²) in [7, 11) is 1.70. The van der Waals surface area contributed by atoms with E-state index in [0.29, 0.717) is 12.0 Å². The second-order valence-corrected chi connectivity index (χ2v) is 5.66. The van der Waals surface area contributed by atoms with E-state index < -0.39 is 0 Å². The van der Waals surface area contributed by atoms with Gasteiger partial charge in [0.2, 0.25) is 5.95 Å². The molecule has 0 radical (unpaired) electrons. The molecule has 0 saturated heterocycles. The number of nitrogens with zero attached hydrogens (tertiary/aromatic N) is 2. The highest BCUT2D eigenvalue weighted by Gasteiger charge is 2.06. The van der Waals surface area contributed by atoms with Crippen LogP contribution in [0.5, 0.6) is 5.75 Å². The van der Waals surface area contributed by atoms with Gasteiger partial charge in [-0.3, -0.25) is 0 Å². The summed E-state index contributed by atoms with van der Waals surface area (Å²) in [6, 6.07) is 10.4. The molecule has 1 unspecified atom stereocenters. The second-order valence-electron chi connectivity index (χ2n) is 5.66. The Morgan fingerprint density at radius 1 is 1.22 bits per heavy atom. The van der Waals surface area contributed by atoms with Gasteiger partial charge in [-0.05, 0) is 38.3 Å². The molecular formula is C18H26N4O. The highest BCUT2D eigenvalue weighted by Crippen LogP contribution is 2.18. The van der Waals surface area contributed by atoms with E-state index in [1.54, 1.807) is 7.11 Å². The molecule has 0 saturated carbocycles. The molecule has 124 valence electrons. The van der Waals surface area contributed by atoms with Crippen LogP contribution in [0, 0.1) is 6.92 Å². The van der Waals surface area contributed by atoms with E-state index in [4.69, 9.17) is 4.74 Å². The van der Waals surface area contributed by atoms with Crippen LogP contribution in [0.3, 0.4) is 0 Å². The summed E-state index contributed by atoms with van der Waals surface area (Å²) in [6.07, 6.45) is 1.91. The van der Waals surface area contributed by atoms with Crippen LogP contribution < -0.4 is 15.4 Å². The van der Waals surface area contributed by atoms with E-state index >= 15 is 0 Å². The smallest absolute Gasteiger partial charge is 0.224 e. The van der Waals surface area contributed by atoms with Crippen LogP contribution in [-0.2, 0) is 6.42 Å². The first kappa shape index (κ1) is 17.1. The van der Waals surface area contributed by atoms with E-state index in [1.165, 1.54) is 5.56 Å². The maximum Gasteiger partial charge on any atom is 0.224 e. The monoisotopic (exact) mass is 314 g/mol. The predicted octanol–water partition coefficient (Wildman–Crippen LogP) is 3.66. The minimum absolute atomic E-state index is 0.394. The van der Waals surface area contributed by atoms with Crippen LogP contribution in [0.2, 0.25) is 0 Å². The van der Waals surface area contributed by atoms with Gasteiger partial charge < -0.3 is 15.4 Å². The molecule has 0 spiro atoms. The summed E-state index contributed by atoms with van der Waals surface area (Å²) in [4.78, 5) is 8.98. The number of para-hydroxylation sites is 1. The molecule has 23 heavy (non-hydrogen) atoms. The van der Waals surface area contributed by atoms with Crippen molar-refractivity contribution in [3.63, 3.8) is 0 Å². The van der Waals surface area contributed by atoms with Crippen LogP contribution in [-0.4, -0.2) is 29.7 Å². The average molecular weight is 314 g/mol. The number of methoxy groups -OCH3 is 1. The summed E-state index contributed by atoms with van der Waals surface area (Å²) in [5, 5.41) is 6.69. The molecule has 0 aliphatic carbocycles. The lowest BCUT2D eigenvalue weighted by Crippen LogP contribution is -2.16. The molecule has 2 N–H and O–H groups in total. The Kier molecular flexibility index (Phi) is 6.20. The summed E-state index contributed by atoms with van der Waals surface area (Å²) >= 11 is 0. The van der Waals surface area contributed by atoms with Gasteiger partial charge in [-0.1, -0.05) is 25.1 Å². The third-order valence-corrected chi connectivity index (χ3v) is 3.73. The summed E-state index contributed by atoms with van der Waals surface area (Å²) in [5.41, 5.74) is 2.12. The van der Waals surface area contributed by atoms with E-state index in [1.807, 2.05) is 31.2 Å². The molecule has 0 amide bonds. The Hall–Kier alpha value is -2.30. The number of ether oxygens (including phenoxy) is 1. The van der Waals surface area contributed by atoms with Crippen molar-refractivity contribution >= 4 is 11.8 Å². The minimum atomic E-state index is 0.394. The first-order chi connectivity index (χ1) is 11.1. The number of anilines is 2. The molecule has 0 bridgehead atoms. The molecule has 0 aliphatic rings. The summed E-state index contributed by atoms with van der Waals surface area (Å²) < 4.78 is 5.37. The fraction of sp³-hybridized carbons (Fsp3) is 0.444. The van der Waals surface area contributed by atoms with Gasteiger partial charge in [0.25, 0.3) is 0 Å². The minimum Gasteiger partial charge on any atom is -0.496 e. The van der Waals surface area contributed by atoms with Crippen LogP contribution >= 0.6 is 0 Å². The molecule has 5 nitrogen and oxygen atoms in total. The quantitative estimate of drug-likeness (QED) is 0.779. The lowest BCUT2D eigenvalue weighted by atomic mass is 10.1. The van der Waals surface area contributed by atoms with Crippen LogP contribution in [0.25, 0.3) is 0 Å². The Morgan fingerprint density at radius 3 is 2.74 bits per heavy atom. The standard InChI is InChI=1S/C18H26N4O/c1-5-13(2)20-17-12-14(3)21-18(22-17)19-11-10-15-8-6-7-9-16(15)23-4/h6-9,12-13H,5,10-11H2,1-4H3,(H2,19,20,21,22). The number of benzene rings is 1. The molecule has 1 heterocycles. The van der Waals surface area contributed by atoms with Crippen LogP contribution in [0.1, 0.15) is 31.5 Å². The van der Waals surface area contributed by atoms with Gasteiger partial charge in [0.05, 0.1) is 7.11 Å². The van der Waals surface area contributed by atoms with Crippen LogP contribution in [0.15, 0.2) is 30.3 Å². The average Bonchev–Trinajstić information content (AvgIpc) is 2.54. The van der Waals surface area contributed by atoms with E-state index in [2.05, 4.69) is 40.5 Å². The fourth-order valence-corrected chi connectivity index (χ4v) is 2.29. The largest absolute Gasteiger partial charge is 0.496 e. The maximum absolute atomic E-state index is 5.37. The van der Waals surface area contributed by atoms with Gasteiger partial charge >= 0.3 is 0 Å². The predicted molar refractivity (Wildman–Crippen MR) is 95.3 cm³/mol. The highest BCUT2D eigenvalue weighted by atomic mass is 16.5. The normalized spacial score (nSPS) is 11.8. The number of hydrogen-bond acceptors (Lipinski definition) is 5. The van der Waals surface area contributed by atoms with Crippen LogP contribution in [0.4, 0.5) is 11.8 Å². The van der Waals surface area contributed by atoms with Gasteiger partial charge in [-0.25, -0.2) is 4.98 Å². The molecule has 2 aromatic rings. The Labute approximate surface area is 138 Å². The first-order valence-electron chi connectivity index (χ1n) is 8.10. The zero-order valence-corrected chi connectivity index (χ0v) is 14.4. The maximum atomic E-state index is 5.37. The molecule has 0 aliphatic heterocycles. The van der Waals surface area contributed by atoms with Crippen molar-refractivity contribution in [1.82, 2.24) is 9.97 Å². The zero-order valence-electron chi connectivity index (χ0n) is 14.4. The Morgan fingerprint density at radius 2 is 2.00 bits per heavy atom. The van der Waals surface area contributed by atoms with E-state index in [-0.39, 0.29) is 0 Å². The first-order valence-corrected chi connectivity index (χ1v) is 8.10. The fourth-order valence-electron chi connectivity index (χ4n) is 2.29. The summed E-state index contributed by atoms with van der Waals surface area (Å²) in [5.74, 6) is 2.44. The summed E-state index contributed by atoms with van der Waals surface area (Å²) in [6.45, 7) is 7.03. The third-order valence-electron chi connectivity index (χ3n) is 3.73. The Bertz CT molecular complexity index is 630.